The molecule has 0 unspecified atom stereocenters. The Hall–Kier alpha value is -1.02. The Morgan fingerprint density at radius 2 is 1.92 bits per heavy atom. The third-order valence-electron chi connectivity index (χ3n) is 1.92. The molecule has 2 N–H and O–H groups in total. The lowest BCUT2D eigenvalue weighted by Gasteiger charge is -2.07. The van der Waals surface area contributed by atoms with E-state index < -0.39 is 0 Å². The molecule has 66 valence electrons. The fourth-order valence-electron chi connectivity index (χ4n) is 1.01. The quantitative estimate of drug-likeness (QED) is 0.669. The van der Waals surface area contributed by atoms with Crippen LogP contribution in [0.4, 0.5) is 5.69 Å². The van der Waals surface area contributed by atoms with Crippen LogP contribution in [0.2, 0.25) is 0 Å². The van der Waals surface area contributed by atoms with Gasteiger partial charge in [-0.3, -0.25) is 0 Å². The van der Waals surface area contributed by atoms with Crippen LogP contribution in [-0.2, 0) is 0 Å². The Morgan fingerprint density at radius 3 is 2.50 bits per heavy atom. The molecule has 0 heterocycles. The van der Waals surface area contributed by atoms with Crippen molar-refractivity contribution in [2.24, 2.45) is 0 Å². The van der Waals surface area contributed by atoms with E-state index in [0.29, 0.717) is 0 Å². The van der Waals surface area contributed by atoms with Gasteiger partial charge >= 0.3 is 0 Å². The van der Waals surface area contributed by atoms with E-state index in [9.17, 15) is 0 Å². The monoisotopic (exact) mass is 164 g/mol. The molecule has 0 amide bonds. The van der Waals surface area contributed by atoms with Crippen molar-refractivity contribution < 1.29 is 0 Å². The Labute approximate surface area is 74.0 Å². The first kappa shape index (κ1) is 9.07. The van der Waals surface area contributed by atoms with Crippen molar-refractivity contribution in [1.82, 2.24) is 5.43 Å². The van der Waals surface area contributed by atoms with Gasteiger partial charge in [0, 0.05) is 12.2 Å². The molecule has 0 atom stereocenters. The zero-order valence-electron chi connectivity index (χ0n) is 7.94. The summed E-state index contributed by atoms with van der Waals surface area (Å²) in [6.45, 7) is 7.22. The predicted octanol–water partition coefficient (Wildman–Crippen LogP) is 2.24. The largest absolute Gasteiger partial charge is 0.322 e. The first-order valence-electron chi connectivity index (χ1n) is 4.30. The van der Waals surface area contributed by atoms with Crippen molar-refractivity contribution >= 4 is 5.69 Å². The minimum absolute atomic E-state index is 0.924. The third kappa shape index (κ3) is 2.24. The molecular formula is C10H16N2. The van der Waals surface area contributed by atoms with Gasteiger partial charge in [0.1, 0.15) is 0 Å². The van der Waals surface area contributed by atoms with Crippen LogP contribution in [0.15, 0.2) is 18.2 Å². The van der Waals surface area contributed by atoms with E-state index in [1.807, 2.05) is 0 Å². The molecule has 0 radical (unpaired) electrons. The maximum Gasteiger partial charge on any atom is 0.0490 e. The second-order valence-corrected chi connectivity index (χ2v) is 2.95. The molecule has 12 heavy (non-hydrogen) atoms. The fourth-order valence-corrected chi connectivity index (χ4v) is 1.01. The van der Waals surface area contributed by atoms with Gasteiger partial charge in [-0.1, -0.05) is 13.0 Å². The van der Waals surface area contributed by atoms with Crippen molar-refractivity contribution in [1.29, 1.82) is 0 Å². The van der Waals surface area contributed by atoms with Crippen LogP contribution < -0.4 is 10.9 Å². The van der Waals surface area contributed by atoms with Gasteiger partial charge in [-0.05, 0) is 37.1 Å². The Kier molecular flexibility index (Phi) is 3.11. The average Bonchev–Trinajstić information content (AvgIpc) is 2.07. The molecule has 2 nitrogen and oxygen atoms in total. The smallest absolute Gasteiger partial charge is 0.0490 e. The van der Waals surface area contributed by atoms with Gasteiger partial charge in [-0.15, -0.1) is 0 Å². The molecule has 1 rings (SSSR count). The summed E-state index contributed by atoms with van der Waals surface area (Å²) in [5, 5.41) is 0. The van der Waals surface area contributed by atoms with Crippen molar-refractivity contribution in [3.05, 3.63) is 29.3 Å². The minimum Gasteiger partial charge on any atom is -0.322 e. The van der Waals surface area contributed by atoms with E-state index in [0.717, 1.165) is 12.2 Å². The van der Waals surface area contributed by atoms with Gasteiger partial charge in [0.2, 0.25) is 0 Å². The number of anilines is 1. The SMILES string of the molecule is CCNNc1ccc(C)c(C)c1. The molecule has 0 spiro atoms. The van der Waals surface area contributed by atoms with Gasteiger partial charge in [0.05, 0.1) is 0 Å². The van der Waals surface area contributed by atoms with Crippen LogP contribution in [0.5, 0.6) is 0 Å². The molecule has 1 aromatic rings. The standard InChI is InChI=1S/C10H16N2/c1-4-11-12-10-6-5-8(2)9(3)7-10/h5-7,11-12H,4H2,1-3H3. The van der Waals surface area contributed by atoms with Gasteiger partial charge in [-0.25, -0.2) is 5.43 Å². The van der Waals surface area contributed by atoms with E-state index in [-0.39, 0.29) is 0 Å². The van der Waals surface area contributed by atoms with Gasteiger partial charge < -0.3 is 5.43 Å². The predicted molar refractivity (Wildman–Crippen MR) is 53.2 cm³/mol. The molecule has 0 fully saturated rings. The maximum atomic E-state index is 3.11. The highest BCUT2D eigenvalue weighted by Gasteiger charge is 1.93. The molecule has 1 aromatic carbocycles. The van der Waals surface area contributed by atoms with Gasteiger partial charge in [-0.2, -0.15) is 0 Å². The van der Waals surface area contributed by atoms with Crippen molar-refractivity contribution in [2.45, 2.75) is 20.8 Å². The molecule has 2 heteroatoms. The van der Waals surface area contributed by atoms with Crippen molar-refractivity contribution in [3.8, 4) is 0 Å². The van der Waals surface area contributed by atoms with Gasteiger partial charge in [0.15, 0.2) is 0 Å². The summed E-state index contributed by atoms with van der Waals surface area (Å²) in [5.74, 6) is 0. The number of aryl methyl sites for hydroxylation is 2. The number of rotatable bonds is 3. The fraction of sp³-hybridized carbons (Fsp3) is 0.400. The zero-order valence-corrected chi connectivity index (χ0v) is 7.94. The Balaban J connectivity index is 2.69. The normalized spacial score (nSPS) is 9.92. The van der Waals surface area contributed by atoms with Gasteiger partial charge in [0.25, 0.3) is 0 Å². The number of benzene rings is 1. The summed E-state index contributed by atoms with van der Waals surface area (Å²) < 4.78 is 0. The third-order valence-corrected chi connectivity index (χ3v) is 1.92. The highest BCUT2D eigenvalue weighted by molar-refractivity contribution is 5.47. The average molecular weight is 164 g/mol. The first-order chi connectivity index (χ1) is 5.74. The molecule has 0 aliphatic carbocycles. The van der Waals surface area contributed by atoms with E-state index in [4.69, 9.17) is 0 Å². The zero-order chi connectivity index (χ0) is 8.97. The number of hydrogen-bond donors (Lipinski definition) is 2. The second-order valence-electron chi connectivity index (χ2n) is 2.95. The topological polar surface area (TPSA) is 24.1 Å². The summed E-state index contributed by atoms with van der Waals surface area (Å²) >= 11 is 0. The van der Waals surface area contributed by atoms with Crippen LogP contribution >= 0.6 is 0 Å². The molecule has 0 aliphatic rings. The lowest BCUT2D eigenvalue weighted by atomic mass is 10.1. The van der Waals surface area contributed by atoms with Crippen molar-refractivity contribution in [3.63, 3.8) is 0 Å². The van der Waals surface area contributed by atoms with Crippen LogP contribution in [0.25, 0.3) is 0 Å². The Bertz CT molecular complexity index is 256. The van der Waals surface area contributed by atoms with E-state index in [2.05, 4.69) is 49.8 Å². The molecule has 0 aliphatic heterocycles. The van der Waals surface area contributed by atoms with Crippen LogP contribution in [-0.4, -0.2) is 6.54 Å². The highest BCUT2D eigenvalue weighted by Crippen LogP contribution is 2.12. The van der Waals surface area contributed by atoms with E-state index in [1.165, 1.54) is 11.1 Å². The summed E-state index contributed by atoms with van der Waals surface area (Å²) in [7, 11) is 0. The van der Waals surface area contributed by atoms with E-state index in [1.54, 1.807) is 0 Å². The lowest BCUT2D eigenvalue weighted by molar-refractivity contribution is 0.844. The lowest BCUT2D eigenvalue weighted by Crippen LogP contribution is -2.20. The number of nitrogens with one attached hydrogen (secondary N) is 2. The Morgan fingerprint density at radius 1 is 1.17 bits per heavy atom. The summed E-state index contributed by atoms with van der Waals surface area (Å²) in [6.07, 6.45) is 0. The molecule has 0 saturated carbocycles. The summed E-state index contributed by atoms with van der Waals surface area (Å²) in [4.78, 5) is 0. The molecule has 0 aromatic heterocycles. The highest BCUT2D eigenvalue weighted by atomic mass is 15.3. The van der Waals surface area contributed by atoms with Crippen LogP contribution in [0, 0.1) is 13.8 Å². The molecule has 0 saturated heterocycles. The molecular weight excluding hydrogens is 148 g/mol. The van der Waals surface area contributed by atoms with Crippen LogP contribution in [0.3, 0.4) is 0 Å². The maximum absolute atomic E-state index is 3.11. The summed E-state index contributed by atoms with van der Waals surface area (Å²) in [5.41, 5.74) is 9.95. The summed E-state index contributed by atoms with van der Waals surface area (Å²) in [6, 6.07) is 6.33. The van der Waals surface area contributed by atoms with Crippen LogP contribution in [0.1, 0.15) is 18.1 Å². The number of hydrazine groups is 1. The van der Waals surface area contributed by atoms with Crippen molar-refractivity contribution in [2.75, 3.05) is 12.0 Å². The second kappa shape index (κ2) is 4.12. The molecule has 0 bridgehead atoms. The number of hydrogen-bond acceptors (Lipinski definition) is 2. The first-order valence-corrected chi connectivity index (χ1v) is 4.30. The van der Waals surface area contributed by atoms with E-state index >= 15 is 0 Å². The minimum atomic E-state index is 0.924.